The Morgan fingerprint density at radius 1 is 1.33 bits per heavy atom. The molecule has 1 N–H and O–H groups in total. The Kier molecular flexibility index (Phi) is 4.96. The summed E-state index contributed by atoms with van der Waals surface area (Å²) in [6, 6.07) is 4.89. The smallest absolute Gasteiger partial charge is 0.127 e. The van der Waals surface area contributed by atoms with Crippen LogP contribution in [0.25, 0.3) is 0 Å². The van der Waals surface area contributed by atoms with Gasteiger partial charge in [0.05, 0.1) is 13.2 Å². The molecule has 100 valence electrons. The minimum absolute atomic E-state index is 0.146. The molecular weight excluding hydrogens is 233 g/mol. The fraction of sp³-hybridized carbons (Fsp3) is 0.571. The predicted octanol–water partition coefficient (Wildman–Crippen LogP) is 2.49. The highest BCUT2D eigenvalue weighted by Crippen LogP contribution is 2.21. The maximum Gasteiger partial charge on any atom is 0.127 e. The number of benzene rings is 1. The van der Waals surface area contributed by atoms with E-state index >= 15 is 0 Å². The van der Waals surface area contributed by atoms with E-state index in [1.807, 2.05) is 13.0 Å². The zero-order valence-corrected chi connectivity index (χ0v) is 10.7. The quantitative estimate of drug-likeness (QED) is 0.874. The van der Waals surface area contributed by atoms with Gasteiger partial charge in [-0.15, -0.1) is 0 Å². The van der Waals surface area contributed by atoms with Crippen molar-refractivity contribution in [1.29, 1.82) is 0 Å². The molecule has 2 rings (SSSR count). The van der Waals surface area contributed by atoms with Crippen LogP contribution in [-0.4, -0.2) is 25.9 Å². The van der Waals surface area contributed by atoms with Gasteiger partial charge >= 0.3 is 0 Å². The Labute approximate surface area is 107 Å². The minimum Gasteiger partial charge on any atom is -0.490 e. The van der Waals surface area contributed by atoms with Crippen LogP contribution in [0, 0.1) is 5.82 Å². The van der Waals surface area contributed by atoms with Crippen LogP contribution in [0.5, 0.6) is 5.75 Å². The fourth-order valence-corrected chi connectivity index (χ4v) is 2.05. The Hall–Kier alpha value is -1.13. The highest BCUT2D eigenvalue weighted by Gasteiger charge is 2.15. The molecule has 0 spiro atoms. The van der Waals surface area contributed by atoms with Gasteiger partial charge in [0.25, 0.3) is 0 Å². The van der Waals surface area contributed by atoms with Crippen molar-refractivity contribution in [2.75, 3.05) is 19.8 Å². The molecular formula is C14H20FNO2. The third-order valence-corrected chi connectivity index (χ3v) is 2.98. The number of hydrogen-bond acceptors (Lipinski definition) is 3. The SMILES string of the molecule is CCNCc1cc(F)cc(OC2CCOCC2)c1. The third kappa shape index (κ3) is 3.96. The van der Waals surface area contributed by atoms with Crippen LogP contribution in [-0.2, 0) is 11.3 Å². The van der Waals surface area contributed by atoms with Crippen molar-refractivity contribution < 1.29 is 13.9 Å². The van der Waals surface area contributed by atoms with Gasteiger partial charge in [0.2, 0.25) is 0 Å². The van der Waals surface area contributed by atoms with Crippen molar-refractivity contribution in [2.45, 2.75) is 32.4 Å². The lowest BCUT2D eigenvalue weighted by molar-refractivity contribution is 0.0254. The first kappa shape index (κ1) is 13.3. The largest absolute Gasteiger partial charge is 0.490 e. The number of halogens is 1. The molecule has 18 heavy (non-hydrogen) atoms. The van der Waals surface area contributed by atoms with Gasteiger partial charge < -0.3 is 14.8 Å². The van der Waals surface area contributed by atoms with Gasteiger partial charge in [0, 0.05) is 25.5 Å². The van der Waals surface area contributed by atoms with Gasteiger partial charge in [-0.3, -0.25) is 0 Å². The molecule has 0 unspecified atom stereocenters. The van der Waals surface area contributed by atoms with E-state index in [0.29, 0.717) is 12.3 Å². The Balaban J connectivity index is 1.99. The number of hydrogen-bond donors (Lipinski definition) is 1. The molecule has 1 aromatic rings. The standard InChI is InChI=1S/C14H20FNO2/c1-2-16-10-11-7-12(15)9-14(8-11)18-13-3-5-17-6-4-13/h7-9,13,16H,2-6,10H2,1H3. The van der Waals surface area contributed by atoms with E-state index in [-0.39, 0.29) is 11.9 Å². The van der Waals surface area contributed by atoms with E-state index in [2.05, 4.69) is 5.32 Å². The summed E-state index contributed by atoms with van der Waals surface area (Å²) in [6.45, 7) is 5.01. The van der Waals surface area contributed by atoms with Crippen LogP contribution < -0.4 is 10.1 Å². The molecule has 1 aliphatic heterocycles. The van der Waals surface area contributed by atoms with Crippen molar-refractivity contribution in [2.24, 2.45) is 0 Å². The van der Waals surface area contributed by atoms with E-state index in [1.165, 1.54) is 6.07 Å². The Morgan fingerprint density at radius 2 is 2.11 bits per heavy atom. The summed E-state index contributed by atoms with van der Waals surface area (Å²) >= 11 is 0. The van der Waals surface area contributed by atoms with E-state index in [9.17, 15) is 4.39 Å². The Bertz CT molecular complexity index is 378. The van der Waals surface area contributed by atoms with Gasteiger partial charge in [0.1, 0.15) is 17.7 Å². The van der Waals surface area contributed by atoms with Gasteiger partial charge in [-0.1, -0.05) is 6.92 Å². The molecule has 1 heterocycles. The highest BCUT2D eigenvalue weighted by molar-refractivity contribution is 5.29. The molecule has 0 aliphatic carbocycles. The minimum atomic E-state index is -0.243. The van der Waals surface area contributed by atoms with Gasteiger partial charge in [0.15, 0.2) is 0 Å². The lowest BCUT2D eigenvalue weighted by atomic mass is 10.1. The molecule has 4 heteroatoms. The number of nitrogens with one attached hydrogen (secondary N) is 1. The molecule has 0 atom stereocenters. The van der Waals surface area contributed by atoms with E-state index in [1.54, 1.807) is 6.07 Å². The average molecular weight is 253 g/mol. The summed E-state index contributed by atoms with van der Waals surface area (Å²) in [4.78, 5) is 0. The number of rotatable bonds is 5. The lowest BCUT2D eigenvalue weighted by Gasteiger charge is -2.23. The second-order valence-electron chi connectivity index (χ2n) is 4.51. The summed E-state index contributed by atoms with van der Waals surface area (Å²) in [7, 11) is 0. The third-order valence-electron chi connectivity index (χ3n) is 2.98. The fourth-order valence-electron chi connectivity index (χ4n) is 2.05. The topological polar surface area (TPSA) is 30.5 Å². The monoisotopic (exact) mass is 253 g/mol. The average Bonchev–Trinajstić information content (AvgIpc) is 2.37. The summed E-state index contributed by atoms with van der Waals surface area (Å²) < 4.78 is 24.6. The van der Waals surface area contributed by atoms with Crippen LogP contribution >= 0.6 is 0 Å². The van der Waals surface area contributed by atoms with Crippen molar-refractivity contribution in [3.8, 4) is 5.75 Å². The van der Waals surface area contributed by atoms with E-state index in [0.717, 1.165) is 38.2 Å². The second-order valence-corrected chi connectivity index (χ2v) is 4.51. The zero-order valence-electron chi connectivity index (χ0n) is 10.7. The first-order valence-electron chi connectivity index (χ1n) is 6.52. The van der Waals surface area contributed by atoms with E-state index < -0.39 is 0 Å². The predicted molar refractivity (Wildman–Crippen MR) is 68.2 cm³/mol. The highest BCUT2D eigenvalue weighted by atomic mass is 19.1. The molecule has 1 fully saturated rings. The second kappa shape index (κ2) is 6.71. The Morgan fingerprint density at radius 3 is 2.83 bits per heavy atom. The number of ether oxygens (including phenoxy) is 2. The van der Waals surface area contributed by atoms with Gasteiger partial charge in [-0.05, 0) is 24.2 Å². The van der Waals surface area contributed by atoms with Gasteiger partial charge in [-0.25, -0.2) is 4.39 Å². The van der Waals surface area contributed by atoms with Crippen molar-refractivity contribution in [3.63, 3.8) is 0 Å². The van der Waals surface area contributed by atoms with Crippen LogP contribution in [0.3, 0.4) is 0 Å². The molecule has 1 aliphatic rings. The van der Waals surface area contributed by atoms with Crippen molar-refractivity contribution >= 4 is 0 Å². The van der Waals surface area contributed by atoms with Crippen molar-refractivity contribution in [1.82, 2.24) is 5.32 Å². The summed E-state index contributed by atoms with van der Waals surface area (Å²) in [5, 5.41) is 3.18. The van der Waals surface area contributed by atoms with Crippen LogP contribution in [0.2, 0.25) is 0 Å². The maximum atomic E-state index is 13.5. The van der Waals surface area contributed by atoms with Crippen LogP contribution in [0.1, 0.15) is 25.3 Å². The molecule has 0 amide bonds. The van der Waals surface area contributed by atoms with E-state index in [4.69, 9.17) is 9.47 Å². The lowest BCUT2D eigenvalue weighted by Crippen LogP contribution is -2.26. The molecule has 0 radical (unpaired) electrons. The molecule has 1 aromatic carbocycles. The zero-order chi connectivity index (χ0) is 12.8. The summed E-state index contributed by atoms with van der Waals surface area (Å²) in [5.74, 6) is 0.377. The molecule has 1 saturated heterocycles. The summed E-state index contributed by atoms with van der Waals surface area (Å²) in [6.07, 6.45) is 1.89. The molecule has 0 aromatic heterocycles. The molecule has 0 saturated carbocycles. The normalized spacial score (nSPS) is 16.8. The first-order valence-corrected chi connectivity index (χ1v) is 6.52. The molecule has 0 bridgehead atoms. The van der Waals surface area contributed by atoms with Crippen LogP contribution in [0.4, 0.5) is 4.39 Å². The maximum absolute atomic E-state index is 13.5. The molecule has 3 nitrogen and oxygen atoms in total. The first-order chi connectivity index (χ1) is 8.78. The van der Waals surface area contributed by atoms with Crippen molar-refractivity contribution in [3.05, 3.63) is 29.6 Å². The summed E-state index contributed by atoms with van der Waals surface area (Å²) in [5.41, 5.74) is 0.916. The van der Waals surface area contributed by atoms with Gasteiger partial charge in [-0.2, -0.15) is 0 Å². The van der Waals surface area contributed by atoms with Crippen LogP contribution in [0.15, 0.2) is 18.2 Å².